The van der Waals surface area contributed by atoms with Crippen LogP contribution in [0.25, 0.3) is 11.0 Å². The van der Waals surface area contributed by atoms with Crippen molar-refractivity contribution in [3.8, 4) is 11.5 Å². The third-order valence-electron chi connectivity index (χ3n) is 6.59. The number of carboxylic acid groups (broad SMARTS) is 1. The number of aliphatic hydroxyl groups is 1. The molecule has 11 heteroatoms. The minimum atomic E-state index is -1.37. The van der Waals surface area contributed by atoms with Crippen molar-refractivity contribution in [2.24, 2.45) is 0 Å². The zero-order valence-corrected chi connectivity index (χ0v) is 24.8. The fourth-order valence-electron chi connectivity index (χ4n) is 4.44. The number of ether oxygens (including phenoxy) is 1. The van der Waals surface area contributed by atoms with Crippen molar-refractivity contribution < 1.29 is 42.9 Å². The van der Waals surface area contributed by atoms with Crippen LogP contribution >= 0.6 is 11.8 Å². The highest BCUT2D eigenvalue weighted by atomic mass is 32.2. The van der Waals surface area contributed by atoms with Crippen molar-refractivity contribution in [2.75, 3.05) is 6.61 Å². The number of carboxylic acids is 1. The number of thioether (sulfide) groups is 1. The average Bonchev–Trinajstić information content (AvgIpc) is 3.42. The maximum Gasteiger partial charge on any atom is 0.371 e. The number of phenols is 1. The van der Waals surface area contributed by atoms with Gasteiger partial charge in [0.2, 0.25) is 5.76 Å². The number of hydrogen-bond donors (Lipinski definition) is 3. The Morgan fingerprint density at radius 3 is 2.57 bits per heavy atom. The van der Waals surface area contributed by atoms with E-state index in [9.17, 15) is 34.1 Å². The Morgan fingerprint density at radius 2 is 1.89 bits per heavy atom. The molecule has 0 saturated carbocycles. The molecule has 2 aromatic heterocycles. The predicted octanol–water partition coefficient (Wildman–Crippen LogP) is 6.86. The monoisotopic (exact) mass is 622 g/mol. The first-order chi connectivity index (χ1) is 21.1. The van der Waals surface area contributed by atoms with E-state index in [1.54, 1.807) is 36.4 Å². The molecule has 4 rings (SSSR count). The Morgan fingerprint density at radius 1 is 1.09 bits per heavy atom. The average molecular weight is 623 g/mol. The molecule has 9 nitrogen and oxygen atoms in total. The number of aliphatic hydroxyl groups excluding tert-OH is 1. The number of benzene rings is 2. The summed E-state index contributed by atoms with van der Waals surface area (Å²) in [5.41, 5.74) is 0.436. The van der Waals surface area contributed by atoms with Crippen LogP contribution in [-0.4, -0.2) is 38.9 Å². The normalized spacial score (nSPS) is 13.1. The number of ketones is 1. The summed E-state index contributed by atoms with van der Waals surface area (Å²) in [6.45, 7) is 3.68. The first-order valence-electron chi connectivity index (χ1n) is 13.8. The maximum atomic E-state index is 13.5. The molecule has 0 fully saturated rings. The highest BCUT2D eigenvalue weighted by Crippen LogP contribution is 2.35. The van der Waals surface area contributed by atoms with Crippen LogP contribution in [0.2, 0.25) is 0 Å². The largest absolute Gasteiger partial charge is 0.507 e. The number of carbonyl (C=O) groups excluding carboxylic acids is 1. The Hall–Kier alpha value is -4.61. The fourth-order valence-corrected chi connectivity index (χ4v) is 5.51. The quantitative estimate of drug-likeness (QED) is 0.0590. The molecule has 44 heavy (non-hydrogen) atoms. The van der Waals surface area contributed by atoms with Gasteiger partial charge < -0.3 is 28.9 Å². The third kappa shape index (κ3) is 7.86. The number of phenolic OH excluding ortho intramolecular Hbond substituents is 1. The molecule has 0 aliphatic heterocycles. The summed E-state index contributed by atoms with van der Waals surface area (Å²) in [5.74, 6) is -1.60. The minimum absolute atomic E-state index is 0.0180. The number of allylic oxidation sites excluding steroid dienone is 2. The fraction of sp³-hybridized carbons (Fsp3) is 0.242. The van der Waals surface area contributed by atoms with Gasteiger partial charge in [0.15, 0.2) is 11.2 Å². The second-order valence-corrected chi connectivity index (χ2v) is 11.1. The molecule has 0 aliphatic carbocycles. The molecule has 0 bridgehead atoms. The molecule has 0 saturated heterocycles. The summed E-state index contributed by atoms with van der Waals surface area (Å²) in [7, 11) is 0. The lowest BCUT2D eigenvalue weighted by molar-refractivity contribution is 0.0662. The number of carbonyl (C=O) groups is 2. The smallest absolute Gasteiger partial charge is 0.371 e. The summed E-state index contributed by atoms with van der Waals surface area (Å²) in [5, 5.41) is 30.2. The molecule has 2 aromatic carbocycles. The van der Waals surface area contributed by atoms with Gasteiger partial charge in [0.25, 0.3) is 6.01 Å². The Balaban J connectivity index is 1.46. The van der Waals surface area contributed by atoms with Crippen LogP contribution in [0.5, 0.6) is 11.5 Å². The Bertz CT molecular complexity index is 1770. The number of hydrogen-bond acceptors (Lipinski definition) is 9. The van der Waals surface area contributed by atoms with Gasteiger partial charge in [0, 0.05) is 22.6 Å². The van der Waals surface area contributed by atoms with Crippen molar-refractivity contribution in [3.05, 3.63) is 112 Å². The van der Waals surface area contributed by atoms with Gasteiger partial charge in [-0.15, -0.1) is 11.8 Å². The van der Waals surface area contributed by atoms with Gasteiger partial charge >= 0.3 is 5.97 Å². The van der Waals surface area contributed by atoms with Crippen LogP contribution in [0, 0.1) is 6.01 Å². The summed E-state index contributed by atoms with van der Waals surface area (Å²) in [6, 6.07) is 10.4. The van der Waals surface area contributed by atoms with E-state index in [4.69, 9.17) is 13.6 Å². The predicted molar refractivity (Wildman–Crippen MR) is 163 cm³/mol. The summed E-state index contributed by atoms with van der Waals surface area (Å²) in [4.78, 5) is 36.0. The van der Waals surface area contributed by atoms with E-state index in [0.717, 1.165) is 18.6 Å². The van der Waals surface area contributed by atoms with Crippen LogP contribution in [0.4, 0.5) is 4.39 Å². The Kier molecular flexibility index (Phi) is 10.8. The first-order valence-corrected chi connectivity index (χ1v) is 14.7. The number of aromatic hydroxyl groups is 1. The molecule has 4 aromatic rings. The molecule has 230 valence electrons. The van der Waals surface area contributed by atoms with Gasteiger partial charge in [-0.3, -0.25) is 9.59 Å². The standard InChI is InChI=1S/C33H31FO9S/c1-3-8-23-25(13-12-21(19(2)35)31(23)37)41-16-7-5-4-6-9-29(32(38)26-14-15-30(34)43-26)44-20-10-11-22-24(36)18-28(33(39)40)42-27(22)17-20/h4-6,9-15,17-18,29,32,37-38H,3,7-8,16H2,1-2H3,(H,39,40)/t29-,32+/m0/s1. The molecule has 0 unspecified atom stereocenters. The van der Waals surface area contributed by atoms with Crippen molar-refractivity contribution in [1.29, 1.82) is 0 Å². The third-order valence-corrected chi connectivity index (χ3v) is 7.80. The van der Waals surface area contributed by atoms with Gasteiger partial charge in [-0.05, 0) is 56.2 Å². The number of furan rings is 1. The van der Waals surface area contributed by atoms with Crippen molar-refractivity contribution in [3.63, 3.8) is 0 Å². The van der Waals surface area contributed by atoms with E-state index < -0.39 is 34.5 Å². The van der Waals surface area contributed by atoms with Crippen molar-refractivity contribution in [1.82, 2.24) is 0 Å². The van der Waals surface area contributed by atoms with Gasteiger partial charge in [-0.25, -0.2) is 4.79 Å². The van der Waals surface area contributed by atoms with Crippen molar-refractivity contribution >= 4 is 34.5 Å². The molecule has 3 N–H and O–H groups in total. The van der Waals surface area contributed by atoms with Crippen LogP contribution in [0.1, 0.15) is 65.0 Å². The Labute approximate surface area is 256 Å². The number of halogens is 1. The molecule has 0 amide bonds. The zero-order chi connectivity index (χ0) is 31.8. The van der Waals surface area contributed by atoms with Gasteiger partial charge in [-0.2, -0.15) is 4.39 Å². The summed E-state index contributed by atoms with van der Waals surface area (Å²) >= 11 is 1.18. The van der Waals surface area contributed by atoms with Gasteiger partial charge in [0.05, 0.1) is 22.8 Å². The molecular formula is C33H31FO9S. The van der Waals surface area contributed by atoms with Crippen molar-refractivity contribution in [2.45, 2.75) is 49.4 Å². The lowest BCUT2D eigenvalue weighted by atomic mass is 10.0. The number of aromatic carboxylic acids is 1. The molecule has 2 atom stereocenters. The molecule has 0 radical (unpaired) electrons. The number of fused-ring (bicyclic) bond motifs is 1. The molecular weight excluding hydrogens is 591 g/mol. The van der Waals surface area contributed by atoms with Crippen LogP contribution < -0.4 is 10.2 Å². The van der Waals surface area contributed by atoms with E-state index in [1.807, 2.05) is 13.0 Å². The number of rotatable bonds is 14. The summed E-state index contributed by atoms with van der Waals surface area (Å²) in [6.07, 6.45) is 7.61. The van der Waals surface area contributed by atoms with E-state index >= 15 is 0 Å². The molecule has 0 spiro atoms. The van der Waals surface area contributed by atoms with E-state index in [0.29, 0.717) is 35.7 Å². The highest BCUT2D eigenvalue weighted by Gasteiger charge is 2.24. The zero-order valence-electron chi connectivity index (χ0n) is 24.0. The second-order valence-electron chi connectivity index (χ2n) is 9.80. The second kappa shape index (κ2) is 14.7. The van der Waals surface area contributed by atoms with E-state index in [2.05, 4.69) is 0 Å². The van der Waals surface area contributed by atoms with Crippen LogP contribution in [0.15, 0.2) is 91.4 Å². The van der Waals surface area contributed by atoms with Gasteiger partial charge in [0.1, 0.15) is 28.9 Å². The van der Waals surface area contributed by atoms with E-state index in [-0.39, 0.29) is 33.8 Å². The maximum absolute atomic E-state index is 13.5. The SMILES string of the molecule is CCCc1c(OCCC=CC=C[C@H](Sc2ccc3c(=O)cc(C(=O)O)oc3c2)[C@H](O)c2ccc(F)o2)ccc(C(C)=O)c1O. The van der Waals surface area contributed by atoms with E-state index in [1.165, 1.54) is 36.9 Å². The number of Topliss-reactive ketones (excluding diaryl/α,β-unsaturated/α-hetero) is 1. The summed E-state index contributed by atoms with van der Waals surface area (Å²) < 4.78 is 29.8. The molecule has 0 aliphatic rings. The van der Waals surface area contributed by atoms with Crippen LogP contribution in [-0.2, 0) is 6.42 Å². The topological polar surface area (TPSA) is 147 Å². The van der Waals surface area contributed by atoms with Crippen LogP contribution in [0.3, 0.4) is 0 Å². The van der Waals surface area contributed by atoms with Gasteiger partial charge in [-0.1, -0.05) is 37.6 Å². The minimum Gasteiger partial charge on any atom is -0.507 e. The highest BCUT2D eigenvalue weighted by molar-refractivity contribution is 8.00. The molecule has 2 heterocycles. The first kappa shape index (κ1) is 32.3. The lowest BCUT2D eigenvalue weighted by Crippen LogP contribution is -2.12. The lowest BCUT2D eigenvalue weighted by Gasteiger charge is -2.18.